The van der Waals surface area contributed by atoms with Gasteiger partial charge in [-0.25, -0.2) is 0 Å². The zero-order valence-corrected chi connectivity index (χ0v) is 15.3. The van der Waals surface area contributed by atoms with Crippen LogP contribution in [0, 0.1) is 5.92 Å². The maximum Gasteiger partial charge on any atom is 0.249 e. The maximum atomic E-state index is 12.7. The van der Waals surface area contributed by atoms with E-state index >= 15 is 0 Å². The van der Waals surface area contributed by atoms with E-state index in [1.165, 1.54) is 6.42 Å². The van der Waals surface area contributed by atoms with E-state index in [4.69, 9.17) is 0 Å². The van der Waals surface area contributed by atoms with Gasteiger partial charge in [0, 0.05) is 37.5 Å². The number of aromatic nitrogens is 1. The first kappa shape index (κ1) is 17.6. The maximum absolute atomic E-state index is 12.7. The fraction of sp³-hybridized carbons (Fsp3) is 0.550. The van der Waals surface area contributed by atoms with Gasteiger partial charge < -0.3 is 10.2 Å². The van der Waals surface area contributed by atoms with Crippen LogP contribution >= 0.6 is 0 Å². The van der Waals surface area contributed by atoms with Crippen LogP contribution in [0.15, 0.2) is 35.7 Å². The van der Waals surface area contributed by atoms with Crippen molar-refractivity contribution >= 4 is 11.8 Å². The molecule has 25 heavy (non-hydrogen) atoms. The number of carbonyl (C=O) groups excluding carboxylic acids is 2. The lowest BCUT2D eigenvalue weighted by Gasteiger charge is -2.43. The molecule has 1 aromatic heterocycles. The van der Waals surface area contributed by atoms with Crippen LogP contribution in [-0.4, -0.2) is 34.3 Å². The third-order valence-electron chi connectivity index (χ3n) is 5.56. The van der Waals surface area contributed by atoms with Crippen molar-refractivity contribution in [2.45, 2.75) is 58.5 Å². The molecular formula is C20H27N3O2. The molecule has 5 nitrogen and oxygen atoms in total. The van der Waals surface area contributed by atoms with Crippen molar-refractivity contribution in [3.63, 3.8) is 0 Å². The Bertz CT molecular complexity index is 683. The van der Waals surface area contributed by atoms with Crippen molar-refractivity contribution in [1.29, 1.82) is 0 Å². The number of hydrogen-bond acceptors (Lipinski definition) is 3. The Balaban J connectivity index is 2.10. The molecule has 2 aliphatic rings. The normalized spacial score (nSPS) is 24.8. The fourth-order valence-corrected chi connectivity index (χ4v) is 4.28. The number of amides is 2. The lowest BCUT2D eigenvalue weighted by molar-refractivity contribution is -0.135. The molecule has 3 rings (SSSR count). The van der Waals surface area contributed by atoms with E-state index in [1.807, 2.05) is 24.0 Å². The minimum absolute atomic E-state index is 0.0209. The molecule has 1 fully saturated rings. The van der Waals surface area contributed by atoms with Crippen molar-refractivity contribution in [2.75, 3.05) is 6.54 Å². The Morgan fingerprint density at radius 2 is 2.12 bits per heavy atom. The first-order chi connectivity index (χ1) is 12.0. The molecule has 0 bridgehead atoms. The highest BCUT2D eigenvalue weighted by molar-refractivity contribution is 5.99. The number of rotatable bonds is 4. The van der Waals surface area contributed by atoms with Gasteiger partial charge in [-0.2, -0.15) is 0 Å². The number of hydrogen-bond donors (Lipinski definition) is 1. The highest BCUT2D eigenvalue weighted by Crippen LogP contribution is 2.39. The summed E-state index contributed by atoms with van der Waals surface area (Å²) in [5, 5.41) is 2.91. The first-order valence-corrected chi connectivity index (χ1v) is 9.17. The Labute approximate surface area is 149 Å². The fourth-order valence-electron chi connectivity index (χ4n) is 4.28. The molecule has 0 spiro atoms. The topological polar surface area (TPSA) is 62.3 Å². The van der Waals surface area contributed by atoms with Gasteiger partial charge >= 0.3 is 0 Å². The summed E-state index contributed by atoms with van der Waals surface area (Å²) in [5.74, 6) is 0.385. The summed E-state index contributed by atoms with van der Waals surface area (Å²) in [6.45, 7) is 6.36. The van der Waals surface area contributed by atoms with Crippen molar-refractivity contribution in [3.8, 4) is 0 Å². The van der Waals surface area contributed by atoms with E-state index in [2.05, 4.69) is 17.2 Å². The van der Waals surface area contributed by atoms with E-state index in [-0.39, 0.29) is 23.9 Å². The molecule has 1 unspecified atom stereocenters. The van der Waals surface area contributed by atoms with E-state index in [9.17, 15) is 9.59 Å². The van der Waals surface area contributed by atoms with Crippen LogP contribution in [-0.2, 0) is 9.59 Å². The van der Waals surface area contributed by atoms with Gasteiger partial charge in [0.2, 0.25) is 11.8 Å². The van der Waals surface area contributed by atoms with Crippen LogP contribution in [0.25, 0.3) is 0 Å². The lowest BCUT2D eigenvalue weighted by Crippen LogP contribution is -2.47. The van der Waals surface area contributed by atoms with E-state index in [0.717, 1.165) is 30.4 Å². The number of pyridine rings is 1. The average molecular weight is 341 g/mol. The summed E-state index contributed by atoms with van der Waals surface area (Å²) in [5.41, 5.74) is 2.62. The molecule has 0 radical (unpaired) electrons. The summed E-state index contributed by atoms with van der Waals surface area (Å²) in [6.07, 6.45) is 7.95. The standard InChI is InChI=1S/C20H27N3O2/c1-13-7-4-5-9-17(13)23(15(3)24)19(16-8-6-10-21-12-16)18-14(2)11-22-20(18)25/h6,8,10,12-13,17,19H,4-5,7,9,11H2,1-3H3,(H,22,25)/t13?,17-,19-/m1/s1. The van der Waals surface area contributed by atoms with Crippen molar-refractivity contribution in [3.05, 3.63) is 41.2 Å². The van der Waals surface area contributed by atoms with Crippen LogP contribution < -0.4 is 5.32 Å². The van der Waals surface area contributed by atoms with E-state index < -0.39 is 0 Å². The molecule has 1 aliphatic carbocycles. The summed E-state index contributed by atoms with van der Waals surface area (Å²) in [6, 6.07) is 3.63. The highest BCUT2D eigenvalue weighted by Gasteiger charge is 2.40. The third-order valence-corrected chi connectivity index (χ3v) is 5.56. The van der Waals surface area contributed by atoms with Crippen LogP contribution in [0.1, 0.15) is 58.1 Å². The van der Waals surface area contributed by atoms with E-state index in [0.29, 0.717) is 18.0 Å². The van der Waals surface area contributed by atoms with Crippen LogP contribution in [0.4, 0.5) is 0 Å². The molecule has 0 saturated heterocycles. The van der Waals surface area contributed by atoms with Crippen LogP contribution in [0.2, 0.25) is 0 Å². The van der Waals surface area contributed by atoms with Crippen molar-refractivity contribution in [2.24, 2.45) is 5.92 Å². The van der Waals surface area contributed by atoms with Gasteiger partial charge in [-0.15, -0.1) is 0 Å². The summed E-state index contributed by atoms with van der Waals surface area (Å²) in [7, 11) is 0. The van der Waals surface area contributed by atoms with E-state index in [1.54, 1.807) is 19.3 Å². The van der Waals surface area contributed by atoms with Gasteiger partial charge in [-0.3, -0.25) is 14.6 Å². The molecule has 1 aromatic rings. The Kier molecular flexibility index (Phi) is 5.21. The summed E-state index contributed by atoms with van der Waals surface area (Å²) >= 11 is 0. The molecule has 1 saturated carbocycles. The number of nitrogens with one attached hydrogen (secondary N) is 1. The molecule has 1 N–H and O–H groups in total. The molecule has 5 heteroatoms. The first-order valence-electron chi connectivity index (χ1n) is 9.17. The van der Waals surface area contributed by atoms with Gasteiger partial charge in [-0.05, 0) is 42.9 Å². The zero-order chi connectivity index (χ0) is 18.0. The molecule has 2 amide bonds. The molecule has 3 atom stereocenters. The monoisotopic (exact) mass is 341 g/mol. The van der Waals surface area contributed by atoms with Gasteiger partial charge in [0.1, 0.15) is 0 Å². The lowest BCUT2D eigenvalue weighted by atomic mass is 9.82. The van der Waals surface area contributed by atoms with Gasteiger partial charge in [-0.1, -0.05) is 25.8 Å². The predicted molar refractivity (Wildman–Crippen MR) is 96.6 cm³/mol. The Hall–Kier alpha value is -2.17. The van der Waals surface area contributed by atoms with Crippen LogP contribution in [0.3, 0.4) is 0 Å². The number of nitrogens with zero attached hydrogens (tertiary/aromatic N) is 2. The highest BCUT2D eigenvalue weighted by atomic mass is 16.2. The molecule has 134 valence electrons. The molecule has 0 aromatic carbocycles. The number of carbonyl (C=O) groups is 2. The Morgan fingerprint density at radius 1 is 1.36 bits per heavy atom. The SMILES string of the molecule is CC(=O)N([C@@H]1CCCCC1C)[C@@H](C1=C(C)CNC1=O)c1cccnc1. The third kappa shape index (κ3) is 3.46. The van der Waals surface area contributed by atoms with Crippen molar-refractivity contribution in [1.82, 2.24) is 15.2 Å². The predicted octanol–water partition coefficient (Wildman–Crippen LogP) is 3.00. The van der Waals surface area contributed by atoms with Gasteiger partial charge in [0.05, 0.1) is 6.04 Å². The van der Waals surface area contributed by atoms with Gasteiger partial charge in [0.25, 0.3) is 0 Å². The molecule has 2 heterocycles. The quantitative estimate of drug-likeness (QED) is 0.916. The second-order valence-corrected chi connectivity index (χ2v) is 7.32. The average Bonchev–Trinajstić information content (AvgIpc) is 2.93. The summed E-state index contributed by atoms with van der Waals surface area (Å²) < 4.78 is 0. The zero-order valence-electron chi connectivity index (χ0n) is 15.3. The summed E-state index contributed by atoms with van der Waals surface area (Å²) in [4.78, 5) is 31.5. The van der Waals surface area contributed by atoms with Gasteiger partial charge in [0.15, 0.2) is 0 Å². The largest absolute Gasteiger partial charge is 0.348 e. The smallest absolute Gasteiger partial charge is 0.249 e. The second kappa shape index (κ2) is 7.38. The minimum atomic E-state index is -0.362. The van der Waals surface area contributed by atoms with Crippen LogP contribution in [0.5, 0.6) is 0 Å². The van der Waals surface area contributed by atoms with Crippen molar-refractivity contribution < 1.29 is 9.59 Å². The molecular weight excluding hydrogens is 314 g/mol. The molecule has 1 aliphatic heterocycles. The Morgan fingerprint density at radius 3 is 2.68 bits per heavy atom. The minimum Gasteiger partial charge on any atom is -0.348 e. The second-order valence-electron chi connectivity index (χ2n) is 7.32.